The fraction of sp³-hybridized carbons (Fsp3) is 0.818. The van der Waals surface area contributed by atoms with Gasteiger partial charge in [-0.25, -0.2) is 0 Å². The number of nitrogens with one attached hydrogen (secondary N) is 1. The van der Waals surface area contributed by atoms with E-state index in [-0.39, 0.29) is 19.5 Å². The topological polar surface area (TPSA) is 111 Å². The van der Waals surface area contributed by atoms with Crippen LogP contribution in [-0.4, -0.2) is 42.9 Å². The monoisotopic (exact) mass is 289 g/mol. The highest BCUT2D eigenvalue weighted by Crippen LogP contribution is 2.19. The molecule has 19 heavy (non-hydrogen) atoms. The first-order chi connectivity index (χ1) is 8.90. The molecule has 0 amide bonds. The van der Waals surface area contributed by atoms with Crippen molar-refractivity contribution in [3.8, 4) is 6.07 Å². The summed E-state index contributed by atoms with van der Waals surface area (Å²) in [6.07, 6.45) is 1.32. The summed E-state index contributed by atoms with van der Waals surface area (Å²) < 4.78 is 27.9. The van der Waals surface area contributed by atoms with Crippen LogP contribution in [0.25, 0.3) is 0 Å². The van der Waals surface area contributed by atoms with Gasteiger partial charge in [-0.3, -0.25) is 4.79 Å². The van der Waals surface area contributed by atoms with Crippen molar-refractivity contribution in [3.63, 3.8) is 0 Å². The summed E-state index contributed by atoms with van der Waals surface area (Å²) in [5.74, 6) is -1.34. The van der Waals surface area contributed by atoms with Crippen molar-refractivity contribution in [1.29, 1.82) is 5.26 Å². The van der Waals surface area contributed by atoms with E-state index in [0.29, 0.717) is 19.3 Å². The van der Waals surface area contributed by atoms with E-state index in [1.165, 1.54) is 4.31 Å². The van der Waals surface area contributed by atoms with Gasteiger partial charge in [-0.2, -0.15) is 22.7 Å². The summed E-state index contributed by atoms with van der Waals surface area (Å²) in [5.41, 5.74) is 0. The third kappa shape index (κ3) is 4.45. The molecule has 0 aromatic heterocycles. The largest absolute Gasteiger partial charge is 0.481 e. The lowest BCUT2D eigenvalue weighted by atomic mass is 9.99. The van der Waals surface area contributed by atoms with Crippen molar-refractivity contribution >= 4 is 16.2 Å². The van der Waals surface area contributed by atoms with Crippen molar-refractivity contribution in [3.05, 3.63) is 0 Å². The van der Waals surface area contributed by atoms with Crippen molar-refractivity contribution in [1.82, 2.24) is 9.03 Å². The first kappa shape index (κ1) is 15.9. The Balaban J connectivity index is 2.60. The molecule has 1 aliphatic rings. The van der Waals surface area contributed by atoms with Crippen molar-refractivity contribution in [2.75, 3.05) is 13.1 Å². The van der Waals surface area contributed by atoms with E-state index in [0.717, 1.165) is 0 Å². The quantitative estimate of drug-likeness (QED) is 0.731. The van der Waals surface area contributed by atoms with Crippen molar-refractivity contribution in [2.24, 2.45) is 5.92 Å². The molecule has 1 fully saturated rings. The van der Waals surface area contributed by atoms with E-state index < -0.39 is 28.1 Å². The highest BCUT2D eigenvalue weighted by atomic mass is 32.2. The van der Waals surface area contributed by atoms with Crippen LogP contribution in [0.1, 0.15) is 32.6 Å². The maximum atomic E-state index is 12.1. The van der Waals surface area contributed by atoms with Gasteiger partial charge in [0.05, 0.1) is 18.4 Å². The number of hydrogen-bond donors (Lipinski definition) is 2. The predicted octanol–water partition coefficient (Wildman–Crippen LogP) is 0.310. The van der Waals surface area contributed by atoms with E-state index in [4.69, 9.17) is 10.4 Å². The number of nitriles is 1. The average Bonchev–Trinajstić information content (AvgIpc) is 2.38. The molecule has 1 saturated heterocycles. The lowest BCUT2D eigenvalue weighted by Gasteiger charge is -2.30. The zero-order valence-corrected chi connectivity index (χ0v) is 11.7. The first-order valence-electron chi connectivity index (χ1n) is 6.27. The first-order valence-corrected chi connectivity index (χ1v) is 7.71. The van der Waals surface area contributed by atoms with Crippen LogP contribution in [0.5, 0.6) is 0 Å². The lowest BCUT2D eigenvalue weighted by Crippen LogP contribution is -2.48. The van der Waals surface area contributed by atoms with Crippen LogP contribution in [0, 0.1) is 17.2 Å². The SMILES string of the molecule is CCC(CC#N)NS(=O)(=O)N1CCC(C(=O)O)CC1. The van der Waals surface area contributed by atoms with Gasteiger partial charge in [0, 0.05) is 19.1 Å². The number of carbonyl (C=O) groups is 1. The number of carboxylic acids is 1. The minimum atomic E-state index is -3.63. The van der Waals surface area contributed by atoms with E-state index in [1.54, 1.807) is 6.92 Å². The van der Waals surface area contributed by atoms with Crippen LogP contribution < -0.4 is 4.72 Å². The number of carboxylic acid groups (broad SMARTS) is 1. The Hall–Kier alpha value is -1.17. The summed E-state index contributed by atoms with van der Waals surface area (Å²) in [6, 6.07) is 1.55. The second-order valence-corrected chi connectivity index (χ2v) is 6.30. The molecule has 0 bridgehead atoms. The third-order valence-electron chi connectivity index (χ3n) is 3.29. The summed E-state index contributed by atoms with van der Waals surface area (Å²) in [5, 5.41) is 17.5. The predicted molar refractivity (Wildman–Crippen MR) is 68.3 cm³/mol. The Bertz CT molecular complexity index is 449. The molecular formula is C11H19N3O4S. The number of piperidine rings is 1. The molecular weight excluding hydrogens is 270 g/mol. The summed E-state index contributed by atoms with van der Waals surface area (Å²) in [6.45, 7) is 2.21. The molecule has 7 nitrogen and oxygen atoms in total. The number of rotatable bonds is 6. The Labute approximate surface area is 113 Å². The van der Waals surface area contributed by atoms with Crippen LogP contribution in [0.3, 0.4) is 0 Å². The lowest BCUT2D eigenvalue weighted by molar-refractivity contribution is -0.142. The zero-order chi connectivity index (χ0) is 14.5. The molecule has 1 unspecified atom stereocenters. The van der Waals surface area contributed by atoms with Crippen LogP contribution >= 0.6 is 0 Å². The molecule has 1 aliphatic heterocycles. The zero-order valence-electron chi connectivity index (χ0n) is 10.9. The van der Waals surface area contributed by atoms with E-state index in [1.807, 2.05) is 6.07 Å². The molecule has 2 N–H and O–H groups in total. The summed E-state index contributed by atoms with van der Waals surface area (Å²) in [4.78, 5) is 10.8. The smallest absolute Gasteiger partial charge is 0.306 e. The van der Waals surface area contributed by atoms with Gasteiger partial charge in [0.2, 0.25) is 0 Å². The summed E-state index contributed by atoms with van der Waals surface area (Å²) in [7, 11) is -3.63. The molecule has 1 rings (SSSR count). The minimum Gasteiger partial charge on any atom is -0.481 e. The molecule has 108 valence electrons. The molecule has 1 heterocycles. The van der Waals surface area contributed by atoms with Crippen LogP contribution in [-0.2, 0) is 15.0 Å². The molecule has 0 radical (unpaired) electrons. The second-order valence-electron chi connectivity index (χ2n) is 4.60. The highest BCUT2D eigenvalue weighted by Gasteiger charge is 2.31. The van der Waals surface area contributed by atoms with Crippen LogP contribution in [0.15, 0.2) is 0 Å². The fourth-order valence-corrected chi connectivity index (χ4v) is 3.52. The Morgan fingerprint density at radius 1 is 1.53 bits per heavy atom. The standard InChI is InChI=1S/C11H19N3O4S/c1-2-10(3-6-12)13-19(17,18)14-7-4-9(5-8-14)11(15)16/h9-10,13H,2-5,7-8H2,1H3,(H,15,16). The van der Waals surface area contributed by atoms with E-state index in [9.17, 15) is 13.2 Å². The Kier molecular flexibility index (Phi) is 5.72. The van der Waals surface area contributed by atoms with Gasteiger partial charge in [-0.1, -0.05) is 6.92 Å². The van der Waals surface area contributed by atoms with Gasteiger partial charge in [0.1, 0.15) is 0 Å². The van der Waals surface area contributed by atoms with Gasteiger partial charge in [-0.15, -0.1) is 0 Å². The second kappa shape index (κ2) is 6.84. The van der Waals surface area contributed by atoms with Gasteiger partial charge < -0.3 is 5.11 Å². The Morgan fingerprint density at radius 3 is 2.53 bits per heavy atom. The highest BCUT2D eigenvalue weighted by molar-refractivity contribution is 7.87. The fourth-order valence-electron chi connectivity index (χ4n) is 2.01. The molecule has 0 aromatic carbocycles. The van der Waals surface area contributed by atoms with Crippen LogP contribution in [0.4, 0.5) is 0 Å². The summed E-state index contributed by atoms with van der Waals surface area (Å²) >= 11 is 0. The van der Waals surface area contributed by atoms with Crippen molar-refractivity contribution < 1.29 is 18.3 Å². The van der Waals surface area contributed by atoms with Crippen LogP contribution in [0.2, 0.25) is 0 Å². The van der Waals surface area contributed by atoms with E-state index in [2.05, 4.69) is 4.72 Å². The molecule has 0 spiro atoms. The number of aliphatic carboxylic acids is 1. The molecule has 0 aliphatic carbocycles. The van der Waals surface area contributed by atoms with Gasteiger partial charge in [0.15, 0.2) is 0 Å². The number of nitrogens with zero attached hydrogens (tertiary/aromatic N) is 2. The maximum Gasteiger partial charge on any atom is 0.306 e. The van der Waals surface area contributed by atoms with Crippen molar-refractivity contribution in [2.45, 2.75) is 38.6 Å². The molecule has 0 aromatic rings. The normalized spacial score (nSPS) is 19.8. The molecule has 0 saturated carbocycles. The van der Waals surface area contributed by atoms with Gasteiger partial charge >= 0.3 is 5.97 Å². The molecule has 1 atom stereocenters. The minimum absolute atomic E-state index is 0.126. The average molecular weight is 289 g/mol. The number of hydrogen-bond acceptors (Lipinski definition) is 4. The van der Waals surface area contributed by atoms with Gasteiger partial charge in [0.25, 0.3) is 10.2 Å². The van der Waals surface area contributed by atoms with E-state index >= 15 is 0 Å². The third-order valence-corrected chi connectivity index (χ3v) is 4.97. The molecule has 8 heteroatoms. The van der Waals surface area contributed by atoms with Gasteiger partial charge in [-0.05, 0) is 19.3 Å². The maximum absolute atomic E-state index is 12.1. The Morgan fingerprint density at radius 2 is 2.11 bits per heavy atom.